The number of carbonyl (C=O) groups is 1. The van der Waals surface area contributed by atoms with Gasteiger partial charge in [0.2, 0.25) is 0 Å². The number of para-hydroxylation sites is 1. The molecule has 2 atom stereocenters. The highest BCUT2D eigenvalue weighted by Crippen LogP contribution is 2.47. The first-order chi connectivity index (χ1) is 11.5. The quantitative estimate of drug-likeness (QED) is 0.662. The molecule has 0 radical (unpaired) electrons. The zero-order valence-electron chi connectivity index (χ0n) is 13.9. The molecule has 1 saturated carbocycles. The van der Waals surface area contributed by atoms with Gasteiger partial charge in [0.05, 0.1) is 11.7 Å². The Morgan fingerprint density at radius 3 is 2.38 bits per heavy atom. The maximum Gasteiger partial charge on any atom is 0.412 e. The fourth-order valence-electron chi connectivity index (χ4n) is 3.34. The molecule has 2 aromatic carbocycles. The summed E-state index contributed by atoms with van der Waals surface area (Å²) < 4.78 is 0.831. The molecule has 1 aliphatic rings. The van der Waals surface area contributed by atoms with Gasteiger partial charge in [0, 0.05) is 4.47 Å². The maximum atomic E-state index is 12.1. The van der Waals surface area contributed by atoms with Crippen LogP contribution in [0.4, 0.5) is 10.5 Å². The predicted octanol–water partition coefficient (Wildman–Crippen LogP) is 6.21. The molecule has 0 aliphatic heterocycles. The molecule has 0 bridgehead atoms. The molecule has 24 heavy (non-hydrogen) atoms. The Kier molecular flexibility index (Phi) is 4.95. The lowest BCUT2D eigenvalue weighted by molar-refractivity contribution is 0.199. The highest BCUT2D eigenvalue weighted by molar-refractivity contribution is 9.10. The lowest BCUT2D eigenvalue weighted by Crippen LogP contribution is -2.33. The van der Waals surface area contributed by atoms with Crippen LogP contribution >= 0.6 is 15.9 Å². The summed E-state index contributed by atoms with van der Waals surface area (Å²) in [5.74, 6) is 1.03. The first kappa shape index (κ1) is 17.0. The second-order valence-electron chi connectivity index (χ2n) is 6.54. The van der Waals surface area contributed by atoms with Gasteiger partial charge in [-0.1, -0.05) is 49.4 Å². The molecule has 0 spiro atoms. The SMILES string of the molecule is C[C@@H](c1cccc(Br)c1N(C(=O)O)[C@@H](C)c1ccccc1)C1CC1. The molecule has 0 heterocycles. The van der Waals surface area contributed by atoms with Crippen LogP contribution in [0.3, 0.4) is 0 Å². The second kappa shape index (κ2) is 6.98. The van der Waals surface area contributed by atoms with Gasteiger partial charge < -0.3 is 5.11 Å². The molecule has 1 N–H and O–H groups in total. The van der Waals surface area contributed by atoms with E-state index < -0.39 is 6.09 Å². The summed E-state index contributed by atoms with van der Waals surface area (Å²) in [6, 6.07) is 15.5. The van der Waals surface area contributed by atoms with Crippen LogP contribution in [-0.4, -0.2) is 11.2 Å². The van der Waals surface area contributed by atoms with Crippen molar-refractivity contribution in [3.8, 4) is 0 Å². The summed E-state index contributed by atoms with van der Waals surface area (Å²) in [7, 11) is 0. The third-order valence-electron chi connectivity index (χ3n) is 4.95. The number of hydrogen-bond donors (Lipinski definition) is 1. The molecule has 2 aromatic rings. The van der Waals surface area contributed by atoms with Gasteiger partial charge in [0.25, 0.3) is 0 Å². The van der Waals surface area contributed by atoms with E-state index in [4.69, 9.17) is 0 Å². The highest BCUT2D eigenvalue weighted by Gasteiger charge is 2.34. The van der Waals surface area contributed by atoms with Gasteiger partial charge in [-0.05, 0) is 64.7 Å². The first-order valence-corrected chi connectivity index (χ1v) is 9.15. The molecule has 1 amide bonds. The van der Waals surface area contributed by atoms with Crippen LogP contribution in [-0.2, 0) is 0 Å². The summed E-state index contributed by atoms with van der Waals surface area (Å²) in [5, 5.41) is 9.95. The normalized spacial score (nSPS) is 16.5. The van der Waals surface area contributed by atoms with Gasteiger partial charge in [-0.2, -0.15) is 0 Å². The highest BCUT2D eigenvalue weighted by atomic mass is 79.9. The van der Waals surface area contributed by atoms with Crippen LogP contribution < -0.4 is 4.90 Å². The smallest absolute Gasteiger partial charge is 0.412 e. The Bertz CT molecular complexity index is 728. The standard InChI is InChI=1S/C20H22BrNO2/c1-13(15-11-12-15)17-9-6-10-18(21)19(17)22(20(23)24)14(2)16-7-4-3-5-8-16/h3-10,13-15H,11-12H2,1-2H3,(H,23,24)/t13-,14+/m1/s1. The average molecular weight is 388 g/mol. The Morgan fingerprint density at radius 2 is 1.79 bits per heavy atom. The summed E-state index contributed by atoms with van der Waals surface area (Å²) in [6.07, 6.45) is 1.53. The minimum absolute atomic E-state index is 0.257. The lowest BCUT2D eigenvalue weighted by atomic mass is 9.93. The summed E-state index contributed by atoms with van der Waals surface area (Å²) in [5.41, 5.74) is 2.87. The van der Waals surface area contributed by atoms with Crippen LogP contribution in [0.5, 0.6) is 0 Å². The maximum absolute atomic E-state index is 12.1. The van der Waals surface area contributed by atoms with Crippen molar-refractivity contribution in [2.24, 2.45) is 5.92 Å². The van der Waals surface area contributed by atoms with E-state index in [1.165, 1.54) is 17.7 Å². The van der Waals surface area contributed by atoms with Crippen molar-refractivity contribution in [1.82, 2.24) is 0 Å². The molecular weight excluding hydrogens is 366 g/mol. The van der Waals surface area contributed by atoms with E-state index in [-0.39, 0.29) is 6.04 Å². The van der Waals surface area contributed by atoms with E-state index in [1.807, 2.05) is 49.4 Å². The van der Waals surface area contributed by atoms with Gasteiger partial charge in [0.1, 0.15) is 0 Å². The van der Waals surface area contributed by atoms with E-state index in [9.17, 15) is 9.90 Å². The molecule has 1 fully saturated rings. The minimum Gasteiger partial charge on any atom is -0.465 e. The molecule has 0 aromatic heterocycles. The van der Waals surface area contributed by atoms with Crippen LogP contribution in [0.1, 0.15) is 49.8 Å². The number of amides is 1. The fraction of sp³-hybridized carbons (Fsp3) is 0.350. The summed E-state index contributed by atoms with van der Waals surface area (Å²) >= 11 is 3.59. The van der Waals surface area contributed by atoms with E-state index in [1.54, 1.807) is 0 Å². The van der Waals surface area contributed by atoms with Crippen molar-refractivity contribution >= 4 is 27.7 Å². The zero-order chi connectivity index (χ0) is 17.3. The van der Waals surface area contributed by atoms with E-state index >= 15 is 0 Å². The van der Waals surface area contributed by atoms with Crippen LogP contribution in [0.2, 0.25) is 0 Å². The van der Waals surface area contributed by atoms with Crippen LogP contribution in [0, 0.1) is 5.92 Å². The molecule has 0 saturated heterocycles. The van der Waals surface area contributed by atoms with Gasteiger partial charge >= 0.3 is 6.09 Å². The molecule has 126 valence electrons. The van der Waals surface area contributed by atoms with Crippen molar-refractivity contribution in [3.05, 3.63) is 64.1 Å². The van der Waals surface area contributed by atoms with E-state index in [0.717, 1.165) is 21.3 Å². The van der Waals surface area contributed by atoms with Crippen LogP contribution in [0.25, 0.3) is 0 Å². The van der Waals surface area contributed by atoms with Crippen molar-refractivity contribution in [2.45, 2.75) is 38.6 Å². The minimum atomic E-state index is -0.928. The fourth-order valence-corrected chi connectivity index (χ4v) is 3.91. The lowest BCUT2D eigenvalue weighted by Gasteiger charge is -2.31. The monoisotopic (exact) mass is 387 g/mol. The average Bonchev–Trinajstić information content (AvgIpc) is 3.41. The Hall–Kier alpha value is -1.81. The van der Waals surface area contributed by atoms with Crippen molar-refractivity contribution in [3.63, 3.8) is 0 Å². The second-order valence-corrected chi connectivity index (χ2v) is 7.40. The third kappa shape index (κ3) is 3.34. The molecular formula is C20H22BrNO2. The van der Waals surface area contributed by atoms with E-state index in [0.29, 0.717) is 11.8 Å². The Labute approximate surface area is 151 Å². The topological polar surface area (TPSA) is 40.5 Å². The predicted molar refractivity (Wildman–Crippen MR) is 101 cm³/mol. The number of benzene rings is 2. The van der Waals surface area contributed by atoms with Crippen molar-refractivity contribution in [2.75, 3.05) is 4.90 Å². The number of carboxylic acid groups (broad SMARTS) is 1. The summed E-state index contributed by atoms with van der Waals surface area (Å²) in [6.45, 7) is 4.14. The molecule has 1 aliphatic carbocycles. The number of nitrogens with zero attached hydrogens (tertiary/aromatic N) is 1. The molecule has 3 rings (SSSR count). The molecule has 3 nitrogen and oxygen atoms in total. The molecule has 4 heteroatoms. The number of halogens is 1. The van der Waals surface area contributed by atoms with Gasteiger partial charge in [0.15, 0.2) is 0 Å². The number of hydrogen-bond acceptors (Lipinski definition) is 1. The van der Waals surface area contributed by atoms with Crippen molar-refractivity contribution in [1.29, 1.82) is 0 Å². The zero-order valence-corrected chi connectivity index (χ0v) is 15.5. The van der Waals surface area contributed by atoms with Crippen LogP contribution in [0.15, 0.2) is 53.0 Å². The third-order valence-corrected chi connectivity index (χ3v) is 5.59. The number of rotatable bonds is 5. The molecule has 0 unspecified atom stereocenters. The van der Waals surface area contributed by atoms with Gasteiger partial charge in [-0.25, -0.2) is 4.79 Å². The Morgan fingerprint density at radius 1 is 1.12 bits per heavy atom. The van der Waals surface area contributed by atoms with Gasteiger partial charge in [-0.3, -0.25) is 4.90 Å². The largest absolute Gasteiger partial charge is 0.465 e. The Balaban J connectivity index is 2.07. The summed E-state index contributed by atoms with van der Waals surface area (Å²) in [4.78, 5) is 13.6. The first-order valence-electron chi connectivity index (χ1n) is 8.36. The van der Waals surface area contributed by atoms with Gasteiger partial charge in [-0.15, -0.1) is 0 Å². The van der Waals surface area contributed by atoms with Crippen molar-refractivity contribution < 1.29 is 9.90 Å². The number of anilines is 1. The van der Waals surface area contributed by atoms with E-state index in [2.05, 4.69) is 28.9 Å².